The lowest BCUT2D eigenvalue weighted by atomic mass is 9.96. The Morgan fingerprint density at radius 3 is 3.04 bits per heavy atom. The Bertz CT molecular complexity index is 614. The molecule has 1 fully saturated rings. The minimum Gasteiger partial charge on any atom is -0.450 e. The van der Waals surface area contributed by atoms with Gasteiger partial charge in [-0.1, -0.05) is 6.07 Å². The van der Waals surface area contributed by atoms with Gasteiger partial charge in [0, 0.05) is 38.6 Å². The number of nitriles is 1. The zero-order valence-electron chi connectivity index (χ0n) is 14.6. The molecule has 134 valence electrons. The molecule has 7 heteroatoms. The second-order valence-corrected chi connectivity index (χ2v) is 6.01. The Morgan fingerprint density at radius 1 is 1.52 bits per heavy atom. The van der Waals surface area contributed by atoms with E-state index in [-0.39, 0.29) is 24.3 Å². The van der Waals surface area contributed by atoms with E-state index >= 15 is 0 Å². The van der Waals surface area contributed by atoms with Crippen molar-refractivity contribution < 1.29 is 14.3 Å². The first kappa shape index (κ1) is 18.7. The summed E-state index contributed by atoms with van der Waals surface area (Å²) in [6, 6.07) is 5.82. The third kappa shape index (κ3) is 5.45. The summed E-state index contributed by atoms with van der Waals surface area (Å²) in [7, 11) is 0. The number of likely N-dealkylation sites (tertiary alicyclic amines) is 1. The van der Waals surface area contributed by atoms with Crippen molar-refractivity contribution in [3.8, 4) is 6.07 Å². The third-order valence-corrected chi connectivity index (χ3v) is 4.20. The summed E-state index contributed by atoms with van der Waals surface area (Å²) >= 11 is 0. The molecule has 25 heavy (non-hydrogen) atoms. The van der Waals surface area contributed by atoms with Crippen LogP contribution in [0.15, 0.2) is 24.5 Å². The number of piperidine rings is 1. The molecule has 1 aromatic rings. The maximum Gasteiger partial charge on any atom is 0.409 e. The van der Waals surface area contributed by atoms with Gasteiger partial charge in [-0.25, -0.2) is 4.79 Å². The minimum atomic E-state index is -0.365. The highest BCUT2D eigenvalue weighted by atomic mass is 16.6. The Labute approximate surface area is 148 Å². The van der Waals surface area contributed by atoms with Crippen LogP contribution in [0.2, 0.25) is 0 Å². The molecular weight excluding hydrogens is 320 g/mol. The predicted octanol–water partition coefficient (Wildman–Crippen LogP) is 2.19. The van der Waals surface area contributed by atoms with Crippen LogP contribution in [0.25, 0.3) is 0 Å². The van der Waals surface area contributed by atoms with Crippen LogP contribution in [0.4, 0.5) is 4.79 Å². The van der Waals surface area contributed by atoms with E-state index < -0.39 is 0 Å². The van der Waals surface area contributed by atoms with Crippen LogP contribution in [0.5, 0.6) is 0 Å². The number of aromatic nitrogens is 1. The molecule has 0 spiro atoms. The second kappa shape index (κ2) is 9.62. The molecule has 1 unspecified atom stereocenters. The molecule has 7 nitrogen and oxygen atoms in total. The topological polar surface area (TPSA) is 86.5 Å². The predicted molar refractivity (Wildman–Crippen MR) is 91.2 cm³/mol. The van der Waals surface area contributed by atoms with Crippen LogP contribution >= 0.6 is 0 Å². The molecule has 1 atom stereocenters. The number of carbonyl (C=O) groups is 2. The van der Waals surface area contributed by atoms with E-state index in [1.54, 1.807) is 29.1 Å². The first-order valence-corrected chi connectivity index (χ1v) is 8.62. The van der Waals surface area contributed by atoms with E-state index in [1.807, 2.05) is 12.1 Å². The van der Waals surface area contributed by atoms with Crippen LogP contribution in [0, 0.1) is 17.2 Å². The van der Waals surface area contributed by atoms with Crippen LogP contribution in [0.1, 0.15) is 31.7 Å². The Hall–Kier alpha value is -2.62. The Morgan fingerprint density at radius 2 is 2.36 bits per heavy atom. The van der Waals surface area contributed by atoms with Crippen molar-refractivity contribution in [1.29, 1.82) is 5.26 Å². The second-order valence-electron chi connectivity index (χ2n) is 6.01. The largest absolute Gasteiger partial charge is 0.450 e. The smallest absolute Gasteiger partial charge is 0.409 e. The van der Waals surface area contributed by atoms with Gasteiger partial charge in [-0.05, 0) is 31.4 Å². The molecular formula is C18H24N4O3. The van der Waals surface area contributed by atoms with Crippen LogP contribution in [0.3, 0.4) is 0 Å². The van der Waals surface area contributed by atoms with Crippen molar-refractivity contribution in [3.63, 3.8) is 0 Å². The zero-order valence-corrected chi connectivity index (χ0v) is 14.6. The van der Waals surface area contributed by atoms with E-state index in [4.69, 9.17) is 10.00 Å². The van der Waals surface area contributed by atoms with Gasteiger partial charge in [0.05, 0.1) is 25.0 Å². The van der Waals surface area contributed by atoms with Crippen molar-refractivity contribution in [3.05, 3.63) is 30.1 Å². The lowest BCUT2D eigenvalue weighted by Gasteiger charge is -2.34. The number of carbonyl (C=O) groups excluding carboxylic acids is 2. The van der Waals surface area contributed by atoms with E-state index in [9.17, 15) is 9.59 Å². The summed E-state index contributed by atoms with van der Waals surface area (Å²) in [4.78, 5) is 32.2. The summed E-state index contributed by atoms with van der Waals surface area (Å²) in [6.45, 7) is 3.87. The molecule has 1 aliphatic rings. The molecule has 1 aliphatic heterocycles. The van der Waals surface area contributed by atoms with Crippen molar-refractivity contribution in [2.24, 2.45) is 5.92 Å². The lowest BCUT2D eigenvalue weighted by Crippen LogP contribution is -2.47. The fourth-order valence-electron chi connectivity index (χ4n) is 2.98. The highest BCUT2D eigenvalue weighted by Crippen LogP contribution is 2.21. The van der Waals surface area contributed by atoms with Crippen LogP contribution in [-0.2, 0) is 16.1 Å². The molecule has 2 rings (SSSR count). The van der Waals surface area contributed by atoms with Gasteiger partial charge in [-0.15, -0.1) is 0 Å². The number of hydrogen-bond acceptors (Lipinski definition) is 5. The SMILES string of the molecule is CCOC(=O)N1CCCC(C(=O)N(CCC#N)Cc2cccnc2)C1. The summed E-state index contributed by atoms with van der Waals surface area (Å²) in [6.07, 6.45) is 4.83. The Kier molecular flexibility index (Phi) is 7.20. The molecule has 0 saturated carbocycles. The van der Waals surface area contributed by atoms with Crippen molar-refractivity contribution in [2.75, 3.05) is 26.2 Å². The van der Waals surface area contributed by atoms with Gasteiger partial charge in [0.2, 0.25) is 5.91 Å². The molecule has 0 N–H and O–H groups in total. The summed E-state index contributed by atoms with van der Waals surface area (Å²) in [5.74, 6) is -0.276. The van der Waals surface area contributed by atoms with Crippen molar-refractivity contribution >= 4 is 12.0 Å². The van der Waals surface area contributed by atoms with Gasteiger partial charge in [-0.3, -0.25) is 9.78 Å². The van der Waals surface area contributed by atoms with Gasteiger partial charge in [0.1, 0.15) is 0 Å². The van der Waals surface area contributed by atoms with Crippen LogP contribution in [-0.4, -0.2) is 53.0 Å². The average Bonchev–Trinajstić information content (AvgIpc) is 2.65. The third-order valence-electron chi connectivity index (χ3n) is 4.20. The maximum atomic E-state index is 13.0. The van der Waals surface area contributed by atoms with Gasteiger partial charge >= 0.3 is 6.09 Å². The van der Waals surface area contributed by atoms with Gasteiger partial charge in [0.25, 0.3) is 0 Å². The van der Waals surface area contributed by atoms with Gasteiger partial charge in [-0.2, -0.15) is 5.26 Å². The zero-order chi connectivity index (χ0) is 18.1. The summed E-state index contributed by atoms with van der Waals surface area (Å²) in [5, 5.41) is 8.88. The fourth-order valence-corrected chi connectivity index (χ4v) is 2.98. The fraction of sp³-hybridized carbons (Fsp3) is 0.556. The molecule has 2 heterocycles. The van der Waals surface area contributed by atoms with E-state index in [2.05, 4.69) is 11.1 Å². The maximum absolute atomic E-state index is 13.0. The van der Waals surface area contributed by atoms with Gasteiger partial charge in [0.15, 0.2) is 0 Å². The standard InChI is InChI=1S/C18H24N4O3/c1-2-25-18(24)22-10-4-7-16(14-22)17(23)21(11-5-8-19)13-15-6-3-9-20-12-15/h3,6,9,12,16H,2,4-5,7,10-11,13-14H2,1H3. The monoisotopic (exact) mass is 344 g/mol. The lowest BCUT2D eigenvalue weighted by molar-refractivity contribution is -0.137. The average molecular weight is 344 g/mol. The highest BCUT2D eigenvalue weighted by Gasteiger charge is 2.31. The summed E-state index contributed by atoms with van der Waals surface area (Å²) < 4.78 is 5.04. The number of ether oxygens (including phenoxy) is 1. The quantitative estimate of drug-likeness (QED) is 0.789. The number of amides is 2. The molecule has 0 radical (unpaired) electrons. The Balaban J connectivity index is 2.04. The molecule has 0 aromatic carbocycles. The molecule has 2 amide bonds. The van der Waals surface area contributed by atoms with E-state index in [0.717, 1.165) is 18.4 Å². The summed E-state index contributed by atoms with van der Waals surface area (Å²) in [5.41, 5.74) is 0.923. The normalized spacial score (nSPS) is 16.8. The van der Waals surface area contributed by atoms with Crippen molar-refractivity contribution in [1.82, 2.24) is 14.8 Å². The van der Waals surface area contributed by atoms with E-state index in [0.29, 0.717) is 32.8 Å². The minimum absolute atomic E-state index is 0.0203. The number of hydrogen-bond donors (Lipinski definition) is 0. The molecule has 0 aliphatic carbocycles. The number of rotatable bonds is 6. The van der Waals surface area contributed by atoms with Gasteiger partial charge < -0.3 is 14.5 Å². The molecule has 1 aromatic heterocycles. The highest BCUT2D eigenvalue weighted by molar-refractivity contribution is 5.80. The number of nitrogens with zero attached hydrogens (tertiary/aromatic N) is 4. The number of pyridine rings is 1. The molecule has 1 saturated heterocycles. The first-order valence-electron chi connectivity index (χ1n) is 8.62. The van der Waals surface area contributed by atoms with Crippen LogP contribution < -0.4 is 0 Å². The van der Waals surface area contributed by atoms with E-state index in [1.165, 1.54) is 0 Å². The molecule has 0 bridgehead atoms. The van der Waals surface area contributed by atoms with Crippen molar-refractivity contribution in [2.45, 2.75) is 32.7 Å². The first-order chi connectivity index (χ1) is 12.2.